The van der Waals surface area contributed by atoms with Crippen LogP contribution in [0.5, 0.6) is 0 Å². The topological polar surface area (TPSA) is 38.8 Å². The third kappa shape index (κ3) is 6.06. The number of hydroxylamine groups is 1. The second-order valence-corrected chi connectivity index (χ2v) is 4.78. The summed E-state index contributed by atoms with van der Waals surface area (Å²) in [6.07, 6.45) is 4.16. The molecule has 0 saturated heterocycles. The molecular weight excluding hydrogens is 254 g/mol. The average Bonchev–Trinajstić information content (AvgIpc) is 2.42. The number of carbonyl (C=O) groups is 1. The van der Waals surface area contributed by atoms with Crippen LogP contribution in [0.1, 0.15) is 38.7 Å². The van der Waals surface area contributed by atoms with Crippen LogP contribution < -0.4 is 5.06 Å². The maximum absolute atomic E-state index is 11.0. The molecule has 0 amide bonds. The van der Waals surface area contributed by atoms with Gasteiger partial charge in [0.1, 0.15) is 0 Å². The lowest BCUT2D eigenvalue weighted by atomic mass is 10.1. The van der Waals surface area contributed by atoms with Crippen molar-refractivity contribution < 1.29 is 14.4 Å². The summed E-state index contributed by atoms with van der Waals surface area (Å²) in [4.78, 5) is 16.1. The van der Waals surface area contributed by atoms with Crippen molar-refractivity contribution in [3.8, 4) is 0 Å². The number of benzene rings is 1. The molecular formula is C16H25NO3. The van der Waals surface area contributed by atoms with Crippen LogP contribution in [0.2, 0.25) is 0 Å². The number of aryl methyl sites for hydroxylation is 1. The first-order valence-corrected chi connectivity index (χ1v) is 7.23. The summed E-state index contributed by atoms with van der Waals surface area (Å²) in [6.45, 7) is 5.17. The Balaban J connectivity index is 2.46. The molecule has 112 valence electrons. The van der Waals surface area contributed by atoms with Gasteiger partial charge in [0.15, 0.2) is 0 Å². The van der Waals surface area contributed by atoms with Crippen molar-refractivity contribution in [1.29, 1.82) is 0 Å². The van der Waals surface area contributed by atoms with Crippen LogP contribution in [-0.4, -0.2) is 26.2 Å². The van der Waals surface area contributed by atoms with Crippen molar-refractivity contribution in [2.24, 2.45) is 0 Å². The predicted molar refractivity (Wildman–Crippen MR) is 80.7 cm³/mol. The van der Waals surface area contributed by atoms with E-state index in [-0.39, 0.29) is 5.97 Å². The molecule has 0 heterocycles. The molecule has 1 aromatic carbocycles. The van der Waals surface area contributed by atoms with Crippen LogP contribution in [-0.2, 0) is 20.8 Å². The van der Waals surface area contributed by atoms with Crippen molar-refractivity contribution in [2.75, 3.05) is 25.3 Å². The van der Waals surface area contributed by atoms with Crippen LogP contribution in [0, 0.1) is 0 Å². The zero-order chi connectivity index (χ0) is 14.8. The molecule has 20 heavy (non-hydrogen) atoms. The fourth-order valence-electron chi connectivity index (χ4n) is 1.98. The van der Waals surface area contributed by atoms with E-state index in [1.165, 1.54) is 12.0 Å². The normalized spacial score (nSPS) is 10.3. The van der Waals surface area contributed by atoms with Crippen molar-refractivity contribution in [2.45, 2.75) is 39.5 Å². The molecule has 0 saturated carbocycles. The first-order valence-electron chi connectivity index (χ1n) is 7.23. The third-order valence-electron chi connectivity index (χ3n) is 2.97. The van der Waals surface area contributed by atoms with E-state index in [9.17, 15) is 4.79 Å². The maximum Gasteiger partial charge on any atom is 0.329 e. The van der Waals surface area contributed by atoms with E-state index >= 15 is 0 Å². The Labute approximate surface area is 121 Å². The van der Waals surface area contributed by atoms with Gasteiger partial charge in [0.2, 0.25) is 0 Å². The SMILES string of the molecule is CCCCOCCCc1ccccc1N(C)OC(C)=O. The zero-order valence-corrected chi connectivity index (χ0v) is 12.7. The first-order chi connectivity index (χ1) is 9.65. The van der Waals surface area contributed by atoms with Crippen molar-refractivity contribution in [1.82, 2.24) is 0 Å². The highest BCUT2D eigenvalue weighted by Crippen LogP contribution is 2.21. The minimum absolute atomic E-state index is 0.315. The van der Waals surface area contributed by atoms with Gasteiger partial charge in [-0.15, -0.1) is 0 Å². The number of para-hydroxylation sites is 1. The second kappa shape index (κ2) is 9.37. The van der Waals surface area contributed by atoms with Crippen molar-refractivity contribution >= 4 is 11.7 Å². The minimum atomic E-state index is -0.315. The van der Waals surface area contributed by atoms with Gasteiger partial charge in [-0.25, -0.2) is 5.06 Å². The van der Waals surface area contributed by atoms with E-state index < -0.39 is 0 Å². The lowest BCUT2D eigenvalue weighted by Gasteiger charge is -2.20. The molecule has 0 bridgehead atoms. The summed E-state index contributed by atoms with van der Waals surface area (Å²) in [5.41, 5.74) is 2.09. The Bertz CT molecular complexity index is 406. The number of rotatable bonds is 9. The summed E-state index contributed by atoms with van der Waals surface area (Å²) in [5, 5.41) is 1.52. The summed E-state index contributed by atoms with van der Waals surface area (Å²) in [6, 6.07) is 7.95. The molecule has 0 spiro atoms. The molecule has 4 heteroatoms. The van der Waals surface area contributed by atoms with E-state index in [0.29, 0.717) is 0 Å². The Morgan fingerprint density at radius 2 is 1.90 bits per heavy atom. The van der Waals surface area contributed by atoms with Crippen LogP contribution >= 0.6 is 0 Å². The van der Waals surface area contributed by atoms with Gasteiger partial charge < -0.3 is 9.57 Å². The standard InChI is InChI=1S/C16H25NO3/c1-4-5-12-19-13-8-10-15-9-6-7-11-16(15)17(3)20-14(2)18/h6-7,9,11H,4-5,8,10,12-13H2,1-3H3. The Morgan fingerprint density at radius 3 is 2.60 bits per heavy atom. The van der Waals surface area contributed by atoms with Crippen LogP contribution in [0.25, 0.3) is 0 Å². The number of hydrogen-bond donors (Lipinski definition) is 0. The highest BCUT2D eigenvalue weighted by atomic mass is 16.7. The molecule has 1 rings (SSSR count). The van der Waals surface area contributed by atoms with E-state index in [4.69, 9.17) is 9.57 Å². The van der Waals surface area contributed by atoms with Gasteiger partial charge in [-0.3, -0.25) is 4.79 Å². The third-order valence-corrected chi connectivity index (χ3v) is 2.97. The van der Waals surface area contributed by atoms with E-state index in [1.54, 1.807) is 7.05 Å². The van der Waals surface area contributed by atoms with Crippen LogP contribution in [0.3, 0.4) is 0 Å². The predicted octanol–water partition coefficient (Wildman–Crippen LogP) is 3.35. The Morgan fingerprint density at radius 1 is 1.20 bits per heavy atom. The molecule has 0 aliphatic heterocycles. The highest BCUT2D eigenvalue weighted by Gasteiger charge is 2.09. The Hall–Kier alpha value is -1.55. The van der Waals surface area contributed by atoms with Gasteiger partial charge in [0, 0.05) is 27.2 Å². The summed E-state index contributed by atoms with van der Waals surface area (Å²) < 4.78 is 5.56. The maximum atomic E-state index is 11.0. The molecule has 0 aliphatic rings. The molecule has 0 N–H and O–H groups in total. The van der Waals surface area contributed by atoms with Gasteiger partial charge in [0.25, 0.3) is 0 Å². The van der Waals surface area contributed by atoms with Gasteiger partial charge in [-0.1, -0.05) is 31.5 Å². The largest absolute Gasteiger partial charge is 0.381 e. The summed E-state index contributed by atoms with van der Waals surface area (Å²) in [5.74, 6) is -0.315. The molecule has 0 fully saturated rings. The molecule has 0 aliphatic carbocycles. The quantitative estimate of drug-likeness (QED) is 0.513. The average molecular weight is 279 g/mol. The van der Waals surface area contributed by atoms with E-state index in [1.807, 2.05) is 18.2 Å². The fourth-order valence-corrected chi connectivity index (χ4v) is 1.98. The minimum Gasteiger partial charge on any atom is -0.381 e. The van der Waals surface area contributed by atoms with Gasteiger partial charge in [-0.05, 0) is 30.9 Å². The zero-order valence-electron chi connectivity index (χ0n) is 12.7. The number of hydrogen-bond acceptors (Lipinski definition) is 4. The molecule has 0 aromatic heterocycles. The van der Waals surface area contributed by atoms with Crippen LogP contribution in [0.4, 0.5) is 5.69 Å². The lowest BCUT2D eigenvalue weighted by Crippen LogP contribution is -2.22. The molecule has 0 unspecified atom stereocenters. The van der Waals surface area contributed by atoms with E-state index in [0.717, 1.165) is 50.1 Å². The number of ether oxygens (including phenoxy) is 1. The number of unbranched alkanes of at least 4 members (excludes halogenated alkanes) is 1. The molecule has 4 nitrogen and oxygen atoms in total. The number of carbonyl (C=O) groups excluding carboxylic acids is 1. The summed E-state index contributed by atoms with van der Waals surface area (Å²) >= 11 is 0. The monoisotopic (exact) mass is 279 g/mol. The second-order valence-electron chi connectivity index (χ2n) is 4.78. The Kier molecular flexibility index (Phi) is 7.73. The lowest BCUT2D eigenvalue weighted by molar-refractivity contribution is -0.141. The van der Waals surface area contributed by atoms with Gasteiger partial charge in [0.05, 0.1) is 5.69 Å². The van der Waals surface area contributed by atoms with Gasteiger partial charge in [-0.2, -0.15) is 0 Å². The first kappa shape index (κ1) is 16.5. The van der Waals surface area contributed by atoms with Crippen LogP contribution in [0.15, 0.2) is 24.3 Å². The van der Waals surface area contributed by atoms with E-state index in [2.05, 4.69) is 13.0 Å². The smallest absolute Gasteiger partial charge is 0.329 e. The fraction of sp³-hybridized carbons (Fsp3) is 0.562. The van der Waals surface area contributed by atoms with Crippen molar-refractivity contribution in [3.63, 3.8) is 0 Å². The number of nitrogens with zero attached hydrogens (tertiary/aromatic N) is 1. The van der Waals surface area contributed by atoms with Gasteiger partial charge >= 0.3 is 5.97 Å². The summed E-state index contributed by atoms with van der Waals surface area (Å²) in [7, 11) is 1.75. The highest BCUT2D eigenvalue weighted by molar-refractivity contribution is 5.68. The van der Waals surface area contributed by atoms with Crippen molar-refractivity contribution in [3.05, 3.63) is 29.8 Å². The molecule has 1 aromatic rings. The number of anilines is 1. The molecule has 0 radical (unpaired) electrons. The molecule has 0 atom stereocenters.